The van der Waals surface area contributed by atoms with E-state index in [9.17, 15) is 0 Å². The van der Waals surface area contributed by atoms with Crippen LogP contribution in [0.25, 0.3) is 66.8 Å². The molecule has 0 atom stereocenters. The van der Waals surface area contributed by atoms with Crippen LogP contribution >= 0.6 is 0 Å². The van der Waals surface area contributed by atoms with Crippen molar-refractivity contribution in [3.8, 4) is 44.9 Å². The second-order valence-electron chi connectivity index (χ2n) is 11.7. The van der Waals surface area contributed by atoms with Gasteiger partial charge in [0.2, 0.25) is 0 Å². The summed E-state index contributed by atoms with van der Waals surface area (Å²) in [4.78, 5) is 0. The molecular formula is C41H24O2. The first-order valence-electron chi connectivity index (χ1n) is 14.8. The first-order chi connectivity index (χ1) is 21.3. The first kappa shape index (κ1) is 23.0. The first-order valence-corrected chi connectivity index (χ1v) is 14.8. The molecule has 0 radical (unpaired) electrons. The zero-order valence-corrected chi connectivity index (χ0v) is 23.2. The summed E-state index contributed by atoms with van der Waals surface area (Å²) >= 11 is 0. The van der Waals surface area contributed by atoms with Crippen LogP contribution < -0.4 is 0 Å². The van der Waals surface area contributed by atoms with Crippen molar-refractivity contribution in [2.24, 2.45) is 0 Å². The summed E-state index contributed by atoms with van der Waals surface area (Å²) in [6.45, 7) is 0. The van der Waals surface area contributed by atoms with E-state index in [-0.39, 0.29) is 0 Å². The van der Waals surface area contributed by atoms with Gasteiger partial charge in [-0.15, -0.1) is 0 Å². The zero-order valence-electron chi connectivity index (χ0n) is 23.2. The van der Waals surface area contributed by atoms with Gasteiger partial charge in [0.15, 0.2) is 0 Å². The van der Waals surface area contributed by atoms with Gasteiger partial charge in [-0.1, -0.05) is 109 Å². The topological polar surface area (TPSA) is 26.3 Å². The molecule has 0 amide bonds. The number of para-hydroxylation sites is 2. The molecule has 2 heterocycles. The molecule has 200 valence electrons. The Morgan fingerprint density at radius 1 is 0.349 bits per heavy atom. The lowest BCUT2D eigenvalue weighted by Gasteiger charge is -2.31. The second-order valence-corrected chi connectivity index (χ2v) is 11.7. The SMILES string of the molecule is c1ccc2c(c1)-c1ccc(-c3cc4ccccc4o3)cc1C21c2ccccc2-c2ccc(-c3cc4ccccc4o3)cc21. The molecule has 2 heteroatoms. The number of hydrogen-bond acceptors (Lipinski definition) is 2. The highest BCUT2D eigenvalue weighted by Gasteiger charge is 2.51. The molecule has 10 rings (SSSR count). The fourth-order valence-electron chi connectivity index (χ4n) is 7.69. The largest absolute Gasteiger partial charge is 0.456 e. The summed E-state index contributed by atoms with van der Waals surface area (Å²) in [5, 5.41) is 2.23. The predicted molar refractivity (Wildman–Crippen MR) is 173 cm³/mol. The Balaban J connectivity index is 1.28. The minimum Gasteiger partial charge on any atom is -0.456 e. The lowest BCUT2D eigenvalue weighted by molar-refractivity contribution is 0.631. The Morgan fingerprint density at radius 2 is 0.767 bits per heavy atom. The third-order valence-electron chi connectivity index (χ3n) is 9.51. The van der Waals surface area contributed by atoms with E-state index in [0.717, 1.165) is 44.6 Å². The Bertz CT molecular complexity index is 2180. The highest BCUT2D eigenvalue weighted by Crippen LogP contribution is 2.63. The lowest BCUT2D eigenvalue weighted by Crippen LogP contribution is -2.26. The summed E-state index contributed by atoms with van der Waals surface area (Å²) in [6, 6.07) is 52.3. The maximum atomic E-state index is 6.37. The van der Waals surface area contributed by atoms with Crippen LogP contribution in [0.5, 0.6) is 0 Å². The third-order valence-corrected chi connectivity index (χ3v) is 9.51. The Labute approximate surface area is 248 Å². The van der Waals surface area contributed by atoms with Crippen molar-refractivity contribution in [2.75, 3.05) is 0 Å². The highest BCUT2D eigenvalue weighted by atomic mass is 16.3. The molecule has 6 aromatic carbocycles. The molecule has 2 aliphatic rings. The van der Waals surface area contributed by atoms with Crippen LogP contribution in [-0.4, -0.2) is 0 Å². The minimum absolute atomic E-state index is 0.456. The van der Waals surface area contributed by atoms with E-state index in [2.05, 4.69) is 121 Å². The van der Waals surface area contributed by atoms with Gasteiger partial charge < -0.3 is 8.83 Å². The number of furan rings is 2. The number of fused-ring (bicyclic) bond motifs is 12. The van der Waals surface area contributed by atoms with Crippen molar-refractivity contribution in [1.29, 1.82) is 0 Å². The molecule has 8 aromatic rings. The van der Waals surface area contributed by atoms with Crippen LogP contribution in [-0.2, 0) is 5.41 Å². The van der Waals surface area contributed by atoms with Crippen LogP contribution in [0.2, 0.25) is 0 Å². The van der Waals surface area contributed by atoms with Gasteiger partial charge in [0.05, 0.1) is 5.41 Å². The standard InChI is InChI=1S/C41H24O2/c1-7-15-37-25(9-1)23-39(42-37)27-17-19-31-29-11-3-5-13-33(29)41(35(31)21-27)34-14-6-4-12-30(34)32-20-18-28(22-36(32)41)40-24-26-10-2-8-16-38(26)43-40/h1-24H. The number of rotatable bonds is 2. The summed E-state index contributed by atoms with van der Waals surface area (Å²) in [5.41, 5.74) is 13.9. The molecule has 2 nitrogen and oxygen atoms in total. The quantitative estimate of drug-likeness (QED) is 0.215. The van der Waals surface area contributed by atoms with Crippen LogP contribution in [0.1, 0.15) is 22.3 Å². The molecule has 0 saturated heterocycles. The molecule has 0 aliphatic heterocycles. The van der Waals surface area contributed by atoms with Gasteiger partial charge in [-0.05, 0) is 80.9 Å². The molecule has 0 fully saturated rings. The van der Waals surface area contributed by atoms with Crippen molar-refractivity contribution >= 4 is 21.9 Å². The molecule has 2 aliphatic carbocycles. The van der Waals surface area contributed by atoms with Crippen LogP contribution in [0.15, 0.2) is 154 Å². The smallest absolute Gasteiger partial charge is 0.135 e. The van der Waals surface area contributed by atoms with E-state index in [1.54, 1.807) is 0 Å². The second kappa shape index (κ2) is 8.24. The van der Waals surface area contributed by atoms with Crippen molar-refractivity contribution in [3.63, 3.8) is 0 Å². The van der Waals surface area contributed by atoms with E-state index < -0.39 is 5.41 Å². The van der Waals surface area contributed by atoms with E-state index >= 15 is 0 Å². The monoisotopic (exact) mass is 548 g/mol. The maximum Gasteiger partial charge on any atom is 0.135 e. The van der Waals surface area contributed by atoms with Gasteiger partial charge in [0.1, 0.15) is 22.7 Å². The van der Waals surface area contributed by atoms with E-state index in [4.69, 9.17) is 8.83 Å². The Morgan fingerprint density at radius 3 is 1.26 bits per heavy atom. The summed E-state index contributed by atoms with van der Waals surface area (Å²) in [7, 11) is 0. The van der Waals surface area contributed by atoms with Crippen LogP contribution in [0, 0.1) is 0 Å². The van der Waals surface area contributed by atoms with E-state index in [1.807, 2.05) is 24.3 Å². The molecule has 0 saturated carbocycles. The van der Waals surface area contributed by atoms with E-state index in [1.165, 1.54) is 44.5 Å². The van der Waals surface area contributed by atoms with Crippen molar-refractivity contribution in [2.45, 2.75) is 5.41 Å². The van der Waals surface area contributed by atoms with Crippen molar-refractivity contribution < 1.29 is 8.83 Å². The molecule has 0 N–H and O–H groups in total. The molecule has 0 unspecified atom stereocenters. The summed E-state index contributed by atoms with van der Waals surface area (Å²) in [5.74, 6) is 1.77. The molecular weight excluding hydrogens is 524 g/mol. The third kappa shape index (κ3) is 2.97. The molecule has 43 heavy (non-hydrogen) atoms. The lowest BCUT2D eigenvalue weighted by atomic mass is 9.70. The fraction of sp³-hybridized carbons (Fsp3) is 0.0244. The zero-order chi connectivity index (χ0) is 28.1. The Kier molecular flexibility index (Phi) is 4.41. The normalized spacial score (nSPS) is 13.8. The van der Waals surface area contributed by atoms with Gasteiger partial charge in [0, 0.05) is 21.9 Å². The fourth-order valence-corrected chi connectivity index (χ4v) is 7.69. The number of benzene rings is 6. The minimum atomic E-state index is -0.456. The summed E-state index contributed by atoms with van der Waals surface area (Å²) in [6.07, 6.45) is 0. The van der Waals surface area contributed by atoms with Crippen molar-refractivity contribution in [3.05, 3.63) is 168 Å². The van der Waals surface area contributed by atoms with Gasteiger partial charge >= 0.3 is 0 Å². The summed E-state index contributed by atoms with van der Waals surface area (Å²) < 4.78 is 12.7. The predicted octanol–water partition coefficient (Wildman–Crippen LogP) is 10.9. The highest BCUT2D eigenvalue weighted by molar-refractivity contribution is 5.97. The van der Waals surface area contributed by atoms with Gasteiger partial charge in [-0.3, -0.25) is 0 Å². The van der Waals surface area contributed by atoms with Gasteiger partial charge in [-0.25, -0.2) is 0 Å². The number of hydrogen-bond donors (Lipinski definition) is 0. The molecule has 2 aromatic heterocycles. The Hall–Kier alpha value is -5.60. The average molecular weight is 549 g/mol. The van der Waals surface area contributed by atoms with Gasteiger partial charge in [0.25, 0.3) is 0 Å². The maximum absolute atomic E-state index is 6.37. The van der Waals surface area contributed by atoms with Crippen molar-refractivity contribution in [1.82, 2.24) is 0 Å². The van der Waals surface area contributed by atoms with Crippen LogP contribution in [0.4, 0.5) is 0 Å². The molecule has 1 spiro atoms. The van der Waals surface area contributed by atoms with Crippen LogP contribution in [0.3, 0.4) is 0 Å². The molecule has 0 bridgehead atoms. The average Bonchev–Trinajstić information content (AvgIpc) is 3.82. The van der Waals surface area contributed by atoms with E-state index in [0.29, 0.717) is 0 Å². The van der Waals surface area contributed by atoms with Gasteiger partial charge in [-0.2, -0.15) is 0 Å².